The summed E-state index contributed by atoms with van der Waals surface area (Å²) in [4.78, 5) is 10.8. The van der Waals surface area contributed by atoms with E-state index in [1.54, 1.807) is 18.2 Å². The van der Waals surface area contributed by atoms with Crippen LogP contribution >= 0.6 is 0 Å². The van der Waals surface area contributed by atoms with Crippen molar-refractivity contribution in [3.8, 4) is 11.5 Å². The van der Waals surface area contributed by atoms with Gasteiger partial charge in [0.2, 0.25) is 0 Å². The first-order valence-corrected chi connectivity index (χ1v) is 11.1. The summed E-state index contributed by atoms with van der Waals surface area (Å²) in [5, 5.41) is 0.208. The molecule has 4 heteroatoms. The number of hydrogen-bond donors (Lipinski definition) is 0. The van der Waals surface area contributed by atoms with Gasteiger partial charge in [0.1, 0.15) is 17.8 Å². The molecule has 3 nitrogen and oxygen atoms in total. The Morgan fingerprint density at radius 1 is 1.00 bits per heavy atom. The summed E-state index contributed by atoms with van der Waals surface area (Å²) in [6, 6.07) is 15.0. The molecule has 0 aliphatic rings. The first-order valence-electron chi connectivity index (χ1n) is 8.17. The fourth-order valence-electron chi connectivity index (χ4n) is 1.92. The fourth-order valence-corrected chi connectivity index (χ4v) is 2.88. The van der Waals surface area contributed by atoms with Crippen molar-refractivity contribution in [3.05, 3.63) is 59.7 Å². The molecule has 0 unspecified atom stereocenters. The Kier molecular flexibility index (Phi) is 5.62. The lowest BCUT2D eigenvalue weighted by Crippen LogP contribution is -2.40. The van der Waals surface area contributed by atoms with Gasteiger partial charge in [0.05, 0.1) is 6.61 Å². The van der Waals surface area contributed by atoms with Crippen molar-refractivity contribution in [2.45, 2.75) is 45.5 Å². The van der Waals surface area contributed by atoms with E-state index in [0.717, 1.165) is 17.6 Å². The Balaban J connectivity index is 1.99. The Morgan fingerprint density at radius 3 is 2.25 bits per heavy atom. The second kappa shape index (κ2) is 7.32. The van der Waals surface area contributed by atoms with Gasteiger partial charge in [-0.2, -0.15) is 0 Å². The zero-order chi connectivity index (χ0) is 17.8. The van der Waals surface area contributed by atoms with E-state index in [4.69, 9.17) is 9.16 Å². The highest BCUT2D eigenvalue weighted by Gasteiger charge is 2.36. The van der Waals surface area contributed by atoms with Crippen LogP contribution in [0.25, 0.3) is 0 Å². The van der Waals surface area contributed by atoms with E-state index in [0.29, 0.717) is 17.9 Å². The van der Waals surface area contributed by atoms with Gasteiger partial charge in [-0.3, -0.25) is 4.79 Å². The van der Waals surface area contributed by atoms with E-state index < -0.39 is 8.32 Å². The molecule has 0 amide bonds. The number of carbonyl (C=O) groups is 1. The molecule has 2 aromatic rings. The topological polar surface area (TPSA) is 35.5 Å². The molecule has 0 N–H and O–H groups in total. The minimum atomic E-state index is -1.74. The van der Waals surface area contributed by atoms with Gasteiger partial charge >= 0.3 is 0 Å². The van der Waals surface area contributed by atoms with Crippen molar-refractivity contribution < 1.29 is 14.0 Å². The molecule has 0 aliphatic carbocycles. The maximum absolute atomic E-state index is 10.8. The Morgan fingerprint density at radius 2 is 1.67 bits per heavy atom. The van der Waals surface area contributed by atoms with Crippen LogP contribution in [0.15, 0.2) is 48.5 Å². The average molecular weight is 343 g/mol. The third-order valence-corrected chi connectivity index (χ3v) is 9.04. The molecule has 0 atom stereocenters. The summed E-state index contributed by atoms with van der Waals surface area (Å²) in [5.74, 6) is 1.40. The van der Waals surface area contributed by atoms with E-state index >= 15 is 0 Å². The number of rotatable bonds is 6. The highest BCUT2D eigenvalue weighted by Crippen LogP contribution is 2.37. The number of benzene rings is 2. The molecule has 0 radical (unpaired) electrons. The van der Waals surface area contributed by atoms with Crippen molar-refractivity contribution in [2.24, 2.45) is 0 Å². The summed E-state index contributed by atoms with van der Waals surface area (Å²) in [7, 11) is -1.74. The molecule has 0 fully saturated rings. The summed E-state index contributed by atoms with van der Waals surface area (Å²) >= 11 is 0. The van der Waals surface area contributed by atoms with Gasteiger partial charge in [-0.15, -0.1) is 0 Å². The third-order valence-electron chi connectivity index (χ3n) is 4.56. The third kappa shape index (κ3) is 4.79. The van der Waals surface area contributed by atoms with E-state index in [2.05, 4.69) is 33.9 Å². The molecule has 24 heavy (non-hydrogen) atoms. The lowest BCUT2D eigenvalue weighted by atomic mass is 10.2. The first-order chi connectivity index (χ1) is 11.2. The molecule has 0 spiro atoms. The van der Waals surface area contributed by atoms with Crippen LogP contribution in [-0.4, -0.2) is 14.6 Å². The van der Waals surface area contributed by atoms with E-state index in [1.807, 2.05) is 30.3 Å². The number of ether oxygens (including phenoxy) is 1. The zero-order valence-electron chi connectivity index (χ0n) is 15.1. The van der Waals surface area contributed by atoms with Gasteiger partial charge in [-0.1, -0.05) is 45.0 Å². The standard InChI is InChI=1S/C20H26O3Si/c1-20(2,3)24(4,5)22-15-16-9-11-18(12-10-16)23-19-8-6-7-17(13-19)14-21/h6-14H,15H2,1-5H3. The minimum absolute atomic E-state index is 0.208. The molecule has 0 aliphatic heterocycles. The van der Waals surface area contributed by atoms with Crippen LogP contribution in [0.3, 0.4) is 0 Å². The van der Waals surface area contributed by atoms with Gasteiger partial charge in [0, 0.05) is 5.56 Å². The van der Waals surface area contributed by atoms with Crippen molar-refractivity contribution >= 4 is 14.6 Å². The highest BCUT2D eigenvalue weighted by atomic mass is 28.4. The first kappa shape index (κ1) is 18.4. The summed E-state index contributed by atoms with van der Waals surface area (Å²) in [6.07, 6.45) is 0.814. The average Bonchev–Trinajstić information content (AvgIpc) is 2.53. The van der Waals surface area contributed by atoms with Crippen molar-refractivity contribution in [3.63, 3.8) is 0 Å². The van der Waals surface area contributed by atoms with Crippen LogP contribution in [0.2, 0.25) is 18.1 Å². The second-order valence-corrected chi connectivity index (χ2v) is 12.3. The van der Waals surface area contributed by atoms with Crippen molar-refractivity contribution in [2.75, 3.05) is 0 Å². The lowest BCUT2D eigenvalue weighted by molar-refractivity contribution is 0.112. The van der Waals surface area contributed by atoms with E-state index in [9.17, 15) is 4.79 Å². The van der Waals surface area contributed by atoms with Gasteiger partial charge in [0.25, 0.3) is 0 Å². The quantitative estimate of drug-likeness (QED) is 0.490. The monoisotopic (exact) mass is 342 g/mol. The van der Waals surface area contributed by atoms with Crippen LogP contribution in [0.4, 0.5) is 0 Å². The van der Waals surface area contributed by atoms with E-state index in [-0.39, 0.29) is 5.04 Å². The molecule has 2 aromatic carbocycles. The summed E-state index contributed by atoms with van der Waals surface area (Å²) in [5.41, 5.74) is 1.74. The van der Waals surface area contributed by atoms with Crippen LogP contribution in [0, 0.1) is 0 Å². The van der Waals surface area contributed by atoms with Crippen LogP contribution in [0.1, 0.15) is 36.7 Å². The Hall–Kier alpha value is -1.91. The van der Waals surface area contributed by atoms with Crippen LogP contribution in [-0.2, 0) is 11.0 Å². The summed E-state index contributed by atoms with van der Waals surface area (Å²) in [6.45, 7) is 11.9. The molecule has 128 valence electrons. The van der Waals surface area contributed by atoms with Crippen LogP contribution in [0.5, 0.6) is 11.5 Å². The zero-order valence-corrected chi connectivity index (χ0v) is 16.1. The normalized spacial score (nSPS) is 12.0. The molecule has 0 saturated heterocycles. The molecular weight excluding hydrogens is 316 g/mol. The number of aldehydes is 1. The fraction of sp³-hybridized carbons (Fsp3) is 0.350. The summed E-state index contributed by atoms with van der Waals surface area (Å²) < 4.78 is 12.0. The molecule has 0 bridgehead atoms. The van der Waals surface area contributed by atoms with Crippen LogP contribution < -0.4 is 4.74 Å². The largest absolute Gasteiger partial charge is 0.457 e. The molecule has 0 saturated carbocycles. The Labute approximate surface area is 145 Å². The van der Waals surface area contributed by atoms with Gasteiger partial charge in [-0.05, 0) is 48.0 Å². The van der Waals surface area contributed by atoms with Gasteiger partial charge in [0.15, 0.2) is 8.32 Å². The smallest absolute Gasteiger partial charge is 0.192 e. The SMILES string of the molecule is CC(C)(C)[Si](C)(C)OCc1ccc(Oc2cccc(C=O)c2)cc1. The number of carbonyl (C=O) groups excluding carboxylic acids is 1. The predicted octanol–water partition coefficient (Wildman–Crippen LogP) is 5.81. The van der Waals surface area contributed by atoms with Gasteiger partial charge in [-0.25, -0.2) is 0 Å². The highest BCUT2D eigenvalue weighted by molar-refractivity contribution is 6.74. The molecular formula is C20H26O3Si. The molecule has 0 aromatic heterocycles. The minimum Gasteiger partial charge on any atom is -0.457 e. The Bertz CT molecular complexity index is 685. The second-order valence-electron chi connectivity index (χ2n) is 7.49. The van der Waals surface area contributed by atoms with Crippen molar-refractivity contribution in [1.29, 1.82) is 0 Å². The molecule has 0 heterocycles. The van der Waals surface area contributed by atoms with E-state index in [1.165, 1.54) is 0 Å². The maximum Gasteiger partial charge on any atom is 0.192 e. The lowest BCUT2D eigenvalue weighted by Gasteiger charge is -2.36. The number of hydrogen-bond acceptors (Lipinski definition) is 3. The molecule has 2 rings (SSSR count). The predicted molar refractivity (Wildman–Crippen MR) is 100 cm³/mol. The van der Waals surface area contributed by atoms with Crippen molar-refractivity contribution in [1.82, 2.24) is 0 Å². The van der Waals surface area contributed by atoms with Gasteiger partial charge < -0.3 is 9.16 Å². The maximum atomic E-state index is 10.8.